The van der Waals surface area contributed by atoms with E-state index in [0.29, 0.717) is 6.54 Å². The highest BCUT2D eigenvalue weighted by molar-refractivity contribution is 6.03. The van der Waals surface area contributed by atoms with Crippen molar-refractivity contribution in [2.45, 2.75) is 45.4 Å². The zero-order valence-electron chi connectivity index (χ0n) is 14.4. The van der Waals surface area contributed by atoms with Gasteiger partial charge in [-0.05, 0) is 40.8 Å². The molecular weight excluding hydrogens is 296 g/mol. The van der Waals surface area contributed by atoms with Gasteiger partial charge >= 0.3 is 0 Å². The number of fused-ring (bicyclic) bond motifs is 1. The molecule has 0 unspecified atom stereocenters. The highest BCUT2D eigenvalue weighted by atomic mass is 16.2. The van der Waals surface area contributed by atoms with E-state index >= 15 is 0 Å². The fourth-order valence-electron chi connectivity index (χ4n) is 3.32. The SMILES string of the molecule is CCCCCCCc1ccc2ccccc2c1/C=C1\CNNC1=O. The molecule has 2 aromatic carbocycles. The van der Waals surface area contributed by atoms with Gasteiger partial charge in [-0.15, -0.1) is 0 Å². The average molecular weight is 322 g/mol. The second kappa shape index (κ2) is 8.11. The monoisotopic (exact) mass is 322 g/mol. The summed E-state index contributed by atoms with van der Waals surface area (Å²) >= 11 is 0. The number of hydrazine groups is 1. The molecule has 0 saturated carbocycles. The lowest BCUT2D eigenvalue weighted by atomic mass is 9.93. The van der Waals surface area contributed by atoms with Crippen molar-refractivity contribution in [1.29, 1.82) is 0 Å². The first-order valence-electron chi connectivity index (χ1n) is 9.04. The average Bonchev–Trinajstić information content (AvgIpc) is 3.01. The minimum Gasteiger partial charge on any atom is -0.287 e. The van der Waals surface area contributed by atoms with Crippen molar-refractivity contribution in [2.75, 3.05) is 6.54 Å². The summed E-state index contributed by atoms with van der Waals surface area (Å²) in [6.45, 7) is 2.83. The number of carbonyl (C=O) groups excluding carboxylic acids is 1. The zero-order chi connectivity index (χ0) is 16.8. The molecule has 24 heavy (non-hydrogen) atoms. The lowest BCUT2D eigenvalue weighted by Gasteiger charge is -2.11. The fraction of sp³-hybridized carbons (Fsp3) is 0.381. The molecule has 2 N–H and O–H groups in total. The summed E-state index contributed by atoms with van der Waals surface area (Å²) < 4.78 is 0. The molecule has 1 amide bonds. The number of benzene rings is 2. The van der Waals surface area contributed by atoms with Crippen LogP contribution in [0.5, 0.6) is 0 Å². The van der Waals surface area contributed by atoms with Crippen molar-refractivity contribution in [3.63, 3.8) is 0 Å². The van der Waals surface area contributed by atoms with E-state index in [-0.39, 0.29) is 5.91 Å². The molecule has 126 valence electrons. The van der Waals surface area contributed by atoms with Crippen LogP contribution in [0.4, 0.5) is 0 Å². The van der Waals surface area contributed by atoms with Gasteiger partial charge in [-0.1, -0.05) is 69.0 Å². The summed E-state index contributed by atoms with van der Waals surface area (Å²) in [6.07, 6.45) is 9.53. The van der Waals surface area contributed by atoms with Gasteiger partial charge < -0.3 is 0 Å². The molecule has 0 radical (unpaired) electrons. The Morgan fingerprint density at radius 1 is 1.04 bits per heavy atom. The maximum absolute atomic E-state index is 11.9. The molecule has 3 nitrogen and oxygen atoms in total. The van der Waals surface area contributed by atoms with Crippen LogP contribution in [0.15, 0.2) is 42.0 Å². The Labute approximate surface area is 144 Å². The number of aryl methyl sites for hydroxylation is 1. The Morgan fingerprint density at radius 2 is 1.88 bits per heavy atom. The third-order valence-electron chi connectivity index (χ3n) is 4.70. The van der Waals surface area contributed by atoms with Crippen LogP contribution in [0, 0.1) is 0 Å². The summed E-state index contributed by atoms with van der Waals surface area (Å²) in [7, 11) is 0. The van der Waals surface area contributed by atoms with E-state index < -0.39 is 0 Å². The Balaban J connectivity index is 1.90. The topological polar surface area (TPSA) is 41.1 Å². The number of amides is 1. The Bertz CT molecular complexity index is 749. The minimum absolute atomic E-state index is 0.0168. The quantitative estimate of drug-likeness (QED) is 0.587. The molecule has 1 aliphatic heterocycles. The van der Waals surface area contributed by atoms with Crippen LogP contribution in [-0.2, 0) is 11.2 Å². The fourth-order valence-corrected chi connectivity index (χ4v) is 3.32. The molecule has 0 aliphatic carbocycles. The minimum atomic E-state index is -0.0168. The molecule has 2 aromatic rings. The summed E-state index contributed by atoms with van der Waals surface area (Å²) in [5.41, 5.74) is 8.93. The van der Waals surface area contributed by atoms with E-state index in [2.05, 4.69) is 60.2 Å². The molecular formula is C21H26N2O. The Kier molecular flexibility index (Phi) is 5.65. The van der Waals surface area contributed by atoms with Crippen molar-refractivity contribution >= 4 is 22.8 Å². The normalized spacial score (nSPS) is 16.0. The predicted molar refractivity (Wildman–Crippen MR) is 101 cm³/mol. The highest BCUT2D eigenvalue weighted by Gasteiger charge is 2.17. The number of hydrogen-bond donors (Lipinski definition) is 2. The van der Waals surface area contributed by atoms with Crippen LogP contribution in [0.2, 0.25) is 0 Å². The molecule has 1 aliphatic rings. The number of hydrogen-bond acceptors (Lipinski definition) is 2. The van der Waals surface area contributed by atoms with Crippen LogP contribution in [0.1, 0.15) is 50.2 Å². The van der Waals surface area contributed by atoms with Gasteiger partial charge in [-0.2, -0.15) is 0 Å². The van der Waals surface area contributed by atoms with Gasteiger partial charge in [0.1, 0.15) is 0 Å². The van der Waals surface area contributed by atoms with Crippen LogP contribution >= 0.6 is 0 Å². The van der Waals surface area contributed by atoms with Crippen molar-refractivity contribution in [3.05, 3.63) is 53.1 Å². The first kappa shape index (κ1) is 16.7. The van der Waals surface area contributed by atoms with Crippen LogP contribution in [0.25, 0.3) is 16.8 Å². The second-order valence-corrected chi connectivity index (χ2v) is 6.50. The highest BCUT2D eigenvalue weighted by Crippen LogP contribution is 2.27. The van der Waals surface area contributed by atoms with Crippen LogP contribution in [0.3, 0.4) is 0 Å². The maximum atomic E-state index is 11.9. The maximum Gasteiger partial charge on any atom is 0.262 e. The smallest absolute Gasteiger partial charge is 0.262 e. The first-order chi connectivity index (χ1) is 11.8. The molecule has 3 heteroatoms. The van der Waals surface area contributed by atoms with Gasteiger partial charge in [0.25, 0.3) is 5.91 Å². The Hall–Kier alpha value is -2.13. The van der Waals surface area contributed by atoms with Crippen molar-refractivity contribution in [3.8, 4) is 0 Å². The van der Waals surface area contributed by atoms with Gasteiger partial charge in [0, 0.05) is 12.1 Å². The molecule has 0 spiro atoms. The third-order valence-corrected chi connectivity index (χ3v) is 4.70. The number of rotatable bonds is 7. The van der Waals surface area contributed by atoms with Gasteiger partial charge in [-0.25, -0.2) is 5.43 Å². The van der Waals surface area contributed by atoms with Crippen LogP contribution < -0.4 is 10.9 Å². The van der Waals surface area contributed by atoms with E-state index in [0.717, 1.165) is 12.0 Å². The van der Waals surface area contributed by atoms with Gasteiger partial charge in [0.05, 0.1) is 0 Å². The van der Waals surface area contributed by atoms with E-state index in [1.165, 1.54) is 54.0 Å². The van der Waals surface area contributed by atoms with Crippen molar-refractivity contribution < 1.29 is 4.79 Å². The molecule has 1 saturated heterocycles. The lowest BCUT2D eigenvalue weighted by Crippen LogP contribution is -2.25. The summed E-state index contributed by atoms with van der Waals surface area (Å²) in [5.74, 6) is -0.0168. The second-order valence-electron chi connectivity index (χ2n) is 6.50. The molecule has 3 rings (SSSR count). The van der Waals surface area contributed by atoms with Gasteiger partial charge in [-0.3, -0.25) is 10.2 Å². The van der Waals surface area contributed by atoms with E-state index in [4.69, 9.17) is 0 Å². The third kappa shape index (κ3) is 3.85. The largest absolute Gasteiger partial charge is 0.287 e. The van der Waals surface area contributed by atoms with Crippen molar-refractivity contribution in [2.24, 2.45) is 0 Å². The van der Waals surface area contributed by atoms with E-state index in [1.807, 2.05) is 0 Å². The standard InChI is InChI=1S/C21H26N2O/c1-2-3-4-5-6-9-17-13-12-16-10-7-8-11-19(16)20(17)14-18-15-22-23-21(18)24/h7-8,10-14,22H,2-6,9,15H2,1H3,(H,23,24)/b18-14+. The van der Waals surface area contributed by atoms with Crippen molar-refractivity contribution in [1.82, 2.24) is 10.9 Å². The van der Waals surface area contributed by atoms with Gasteiger partial charge in [0.2, 0.25) is 0 Å². The van der Waals surface area contributed by atoms with Crippen LogP contribution in [-0.4, -0.2) is 12.5 Å². The summed E-state index contributed by atoms with van der Waals surface area (Å²) in [5, 5.41) is 2.46. The molecule has 0 atom stereocenters. The molecule has 0 bridgehead atoms. The summed E-state index contributed by atoms with van der Waals surface area (Å²) in [6, 6.07) is 12.9. The first-order valence-corrected chi connectivity index (χ1v) is 9.04. The van der Waals surface area contributed by atoms with Gasteiger partial charge in [0.15, 0.2) is 0 Å². The lowest BCUT2D eigenvalue weighted by molar-refractivity contribution is -0.116. The molecule has 0 aromatic heterocycles. The number of carbonyl (C=O) groups is 1. The zero-order valence-corrected chi connectivity index (χ0v) is 14.4. The predicted octanol–water partition coefficient (Wildman–Crippen LogP) is 4.37. The Morgan fingerprint density at radius 3 is 2.67 bits per heavy atom. The van der Waals surface area contributed by atoms with E-state index in [1.54, 1.807) is 0 Å². The molecule has 1 heterocycles. The van der Waals surface area contributed by atoms with E-state index in [9.17, 15) is 4.79 Å². The number of nitrogens with one attached hydrogen (secondary N) is 2. The summed E-state index contributed by atoms with van der Waals surface area (Å²) in [4.78, 5) is 11.9. The molecule has 1 fully saturated rings. The number of unbranched alkanes of at least 4 members (excludes halogenated alkanes) is 4.